The molecular formula is C68H80N12O11S. The maximum Gasteiger partial charge on any atom is 0.409 e. The molecule has 5 heterocycles. The molecule has 4 aliphatic carbocycles. The molecule has 3 aromatic carbocycles. The van der Waals surface area contributed by atoms with Crippen LogP contribution in [0.1, 0.15) is 114 Å². The van der Waals surface area contributed by atoms with Crippen LogP contribution in [0.3, 0.4) is 0 Å². The number of imide groups is 1. The summed E-state index contributed by atoms with van der Waals surface area (Å²) in [7, 11) is 3.66. The topological polar surface area (TPSA) is 280 Å². The summed E-state index contributed by atoms with van der Waals surface area (Å²) >= 11 is 1.41. The first-order chi connectivity index (χ1) is 43.9. The fourth-order valence-electron chi connectivity index (χ4n) is 15.4. The second kappa shape index (κ2) is 26.3. The number of anilines is 4. The van der Waals surface area contributed by atoms with Crippen LogP contribution in [0.2, 0.25) is 0 Å². The second-order valence-electron chi connectivity index (χ2n) is 26.8. The van der Waals surface area contributed by atoms with Gasteiger partial charge in [-0.2, -0.15) is 5.10 Å². The summed E-state index contributed by atoms with van der Waals surface area (Å²) in [4.78, 5) is 118. The Morgan fingerprint density at radius 2 is 1.54 bits per heavy atom. The highest BCUT2D eigenvalue weighted by Gasteiger charge is 2.66. The molecule has 4 saturated carbocycles. The normalized spacial score (nSPS) is 21.6. The zero-order valence-electron chi connectivity index (χ0n) is 53.1. The van der Waals surface area contributed by atoms with Gasteiger partial charge in [-0.15, -0.1) is 0 Å². The van der Waals surface area contributed by atoms with Crippen molar-refractivity contribution in [1.29, 1.82) is 0 Å². The van der Waals surface area contributed by atoms with Crippen molar-refractivity contribution in [3.63, 3.8) is 0 Å². The van der Waals surface area contributed by atoms with E-state index in [9.17, 15) is 43.5 Å². The Morgan fingerprint density at radius 1 is 0.804 bits per heavy atom. The fraction of sp³-hybridized carbons (Fsp3) is 0.456. The van der Waals surface area contributed by atoms with Crippen molar-refractivity contribution in [2.45, 2.75) is 124 Å². The third-order valence-electron chi connectivity index (χ3n) is 18.6. The average molecular weight is 1270 g/mol. The number of hydrogen-bond donors (Lipinski definition) is 5. The van der Waals surface area contributed by atoms with Crippen molar-refractivity contribution in [3.8, 4) is 22.4 Å². The number of carboxylic acid groups (broad SMARTS) is 1. The van der Waals surface area contributed by atoms with Crippen LogP contribution in [0.25, 0.3) is 32.6 Å². The van der Waals surface area contributed by atoms with Gasteiger partial charge < -0.3 is 40.3 Å². The molecule has 0 radical (unpaired) electrons. The summed E-state index contributed by atoms with van der Waals surface area (Å²) in [5.41, 5.74) is 6.01. The lowest BCUT2D eigenvalue weighted by Gasteiger charge is -2.69. The van der Waals surface area contributed by atoms with Gasteiger partial charge in [-0.25, -0.2) is 24.4 Å². The van der Waals surface area contributed by atoms with Crippen LogP contribution in [0.5, 0.6) is 0 Å². The quantitative estimate of drug-likeness (QED) is 0.0278. The van der Waals surface area contributed by atoms with Gasteiger partial charge in [-0.3, -0.25) is 43.8 Å². The number of nitrogens with one attached hydrogen (secondary N) is 4. The van der Waals surface area contributed by atoms with Gasteiger partial charge in [0.2, 0.25) is 17.7 Å². The summed E-state index contributed by atoms with van der Waals surface area (Å²) in [5.74, 6) is -3.38. The number of carboxylic acids is 1. The number of likely N-dealkylation sites (N-methyl/N-ethyl adjacent to an activating group) is 2. The van der Waals surface area contributed by atoms with E-state index < -0.39 is 35.5 Å². The number of ether oxygens (including phenoxy) is 2. The van der Waals surface area contributed by atoms with Crippen LogP contribution in [0, 0.1) is 29.1 Å². The number of pyridine rings is 1. The molecular weight excluding hydrogens is 1190 g/mol. The molecule has 5 N–H and O–H groups in total. The van der Waals surface area contributed by atoms with E-state index in [0.717, 1.165) is 65.0 Å². The van der Waals surface area contributed by atoms with Crippen LogP contribution in [-0.4, -0.2) is 147 Å². The molecule has 23 nitrogen and oxygen atoms in total. The molecule has 3 unspecified atom stereocenters. The number of fused-ring (bicyclic) bond motifs is 2. The van der Waals surface area contributed by atoms with Gasteiger partial charge in [0.15, 0.2) is 10.8 Å². The Labute approximate surface area is 538 Å². The summed E-state index contributed by atoms with van der Waals surface area (Å²) in [6.45, 7) is 12.6. The molecule has 4 fully saturated rings. The molecule has 24 heteroatoms. The van der Waals surface area contributed by atoms with Crippen LogP contribution in [-0.2, 0) is 46.6 Å². The zero-order chi connectivity index (χ0) is 65.3. The summed E-state index contributed by atoms with van der Waals surface area (Å²) in [5, 5.41) is 27.3. The third kappa shape index (κ3) is 14.2. The molecule has 6 aromatic rings. The Kier molecular flexibility index (Phi) is 18.4. The summed E-state index contributed by atoms with van der Waals surface area (Å²) in [6.07, 6.45) is 11.3. The highest BCUT2D eigenvalue weighted by Crippen LogP contribution is 2.72. The molecule has 92 heavy (non-hydrogen) atoms. The summed E-state index contributed by atoms with van der Waals surface area (Å²) in [6, 6.07) is 22.7. The third-order valence-corrected chi connectivity index (χ3v) is 19.6. The number of unbranched alkanes of at least 4 members (excludes halogenated alkanes) is 2. The van der Waals surface area contributed by atoms with Crippen LogP contribution >= 0.6 is 11.3 Å². The molecule has 3 aromatic heterocycles. The highest BCUT2D eigenvalue weighted by molar-refractivity contribution is 7.22. The largest absolute Gasteiger partial charge is 0.476 e. The van der Waals surface area contributed by atoms with Gasteiger partial charge in [0.05, 0.1) is 52.2 Å². The number of carbonyl (C=O) groups excluding carboxylic acids is 7. The lowest BCUT2D eigenvalue weighted by atomic mass is 9.39. The van der Waals surface area contributed by atoms with E-state index in [4.69, 9.17) is 19.6 Å². The number of para-hydroxylation sites is 1. The predicted octanol–water partition coefficient (Wildman–Crippen LogP) is 9.80. The molecule has 0 saturated heterocycles. The van der Waals surface area contributed by atoms with Gasteiger partial charge in [0, 0.05) is 93.5 Å². The smallest absolute Gasteiger partial charge is 0.409 e. The Morgan fingerprint density at radius 3 is 2.26 bits per heavy atom. The van der Waals surface area contributed by atoms with Crippen molar-refractivity contribution in [1.82, 2.24) is 40.2 Å². The van der Waals surface area contributed by atoms with Gasteiger partial charge in [-0.05, 0) is 135 Å². The first kappa shape index (κ1) is 64.5. The van der Waals surface area contributed by atoms with E-state index in [1.165, 1.54) is 28.4 Å². The SMILES string of the molecule is Cc1c(-c2ccc(-c3ccc4c(c3)N(C(=O)Nc3nc5ccccc5s3)CCN4C)nc2C(=O)O)cnn1CC12CC3(C)CC(C)(C1)CC(OCCN(C)C(=O)OCc1ccc(NC(=O)CNC(=O)C(NC(=O)CCCCCN4C(=O)C=CC4=O)C(C)C)cc1)(C3)C2. The Balaban J connectivity index is 0.654. The van der Waals surface area contributed by atoms with Gasteiger partial charge >= 0.3 is 18.1 Å². The lowest BCUT2D eigenvalue weighted by molar-refractivity contribution is -0.248. The van der Waals surface area contributed by atoms with Crippen molar-refractivity contribution in [2.24, 2.45) is 22.2 Å². The van der Waals surface area contributed by atoms with E-state index in [1.54, 1.807) is 62.3 Å². The molecule has 2 aliphatic heterocycles. The number of nitrogens with zero attached hydrogens (tertiary/aromatic N) is 8. The van der Waals surface area contributed by atoms with Crippen molar-refractivity contribution < 1.29 is 52.9 Å². The number of benzene rings is 3. The fourth-order valence-corrected chi connectivity index (χ4v) is 16.3. The predicted molar refractivity (Wildman–Crippen MR) is 349 cm³/mol. The van der Waals surface area contributed by atoms with Gasteiger partial charge in [0.25, 0.3) is 11.8 Å². The standard InChI is InChI=1S/C68H80N12O11S/c1-42(2)58(74-54(81)15-9-8-12-26-79-56(83)24-25-57(79)84)60(85)69-33-55(82)71-46-19-16-44(17-20-46)34-90-64(89)77(7)29-30-91-68-38-65(4)35-66(5,39-68)37-67(36-65,40-68)41-80-43(3)48(32-70-80)47-21-22-49(72-59(47)61(86)87)45-18-23-51-52(31-45)78(28-27-76(51)6)63(88)75-62-73-50-13-10-11-14-53(50)92-62/h10-11,13-14,16-25,31-32,42,58H,8-9,12,15,26-30,33-41H2,1-7H3,(H,69,85)(H,71,82)(H,74,81)(H,86,87)(H,73,75,88). The van der Waals surface area contributed by atoms with Crippen LogP contribution in [0.4, 0.5) is 31.8 Å². The molecule has 0 spiro atoms. The number of carbonyl (C=O) groups is 8. The molecule has 4 bridgehead atoms. The molecule has 8 amide bonds. The molecule has 6 aliphatic rings. The van der Waals surface area contributed by atoms with Gasteiger partial charge in [0.1, 0.15) is 12.6 Å². The molecule has 3 atom stereocenters. The van der Waals surface area contributed by atoms with E-state index in [1.807, 2.05) is 67.2 Å². The lowest BCUT2D eigenvalue weighted by Crippen LogP contribution is -2.64. The zero-order valence-corrected chi connectivity index (χ0v) is 54.0. The molecule has 12 rings (SSSR count). The monoisotopic (exact) mass is 1270 g/mol. The minimum Gasteiger partial charge on any atom is -0.476 e. The van der Waals surface area contributed by atoms with Crippen LogP contribution < -0.4 is 31.1 Å². The van der Waals surface area contributed by atoms with E-state index in [-0.39, 0.29) is 77.7 Å². The number of thiazole rings is 1. The van der Waals surface area contributed by atoms with E-state index in [0.29, 0.717) is 96.5 Å². The minimum absolute atomic E-state index is 0.00520. The van der Waals surface area contributed by atoms with Gasteiger partial charge in [-0.1, -0.05) is 75.8 Å². The number of urea groups is 1. The first-order valence-electron chi connectivity index (χ1n) is 31.5. The van der Waals surface area contributed by atoms with E-state index in [2.05, 4.69) is 45.0 Å². The van der Waals surface area contributed by atoms with E-state index >= 15 is 0 Å². The maximum absolute atomic E-state index is 13.9. The number of aromatic nitrogens is 4. The Bertz CT molecular complexity index is 3830. The minimum atomic E-state index is -1.17. The van der Waals surface area contributed by atoms with Crippen molar-refractivity contribution in [2.75, 3.05) is 73.9 Å². The second-order valence-corrected chi connectivity index (χ2v) is 27.8. The van der Waals surface area contributed by atoms with Crippen molar-refractivity contribution >= 4 is 91.4 Å². The van der Waals surface area contributed by atoms with Crippen LogP contribution in [0.15, 0.2) is 97.2 Å². The number of aromatic carboxylic acids is 1. The average Bonchev–Trinajstić information content (AvgIpc) is 0.729. The number of rotatable bonds is 24. The highest BCUT2D eigenvalue weighted by atomic mass is 32.1. The van der Waals surface area contributed by atoms with Crippen molar-refractivity contribution in [3.05, 3.63) is 114 Å². The number of hydrogen-bond acceptors (Lipinski definition) is 15. The Hall–Kier alpha value is -9.03. The first-order valence-corrected chi connectivity index (χ1v) is 32.3. The maximum atomic E-state index is 13.9. The number of amides is 8. The summed E-state index contributed by atoms with van der Waals surface area (Å²) < 4.78 is 15.7. The molecule has 484 valence electrons.